The van der Waals surface area contributed by atoms with Crippen LogP contribution in [0.3, 0.4) is 0 Å². The van der Waals surface area contributed by atoms with E-state index in [1.54, 1.807) is 31.2 Å². The fraction of sp³-hybridized carbons (Fsp3) is 0.111. The lowest BCUT2D eigenvalue weighted by Crippen LogP contribution is -2.13. The first kappa shape index (κ1) is 16.4. The Morgan fingerprint density at radius 3 is 2.58 bits per heavy atom. The van der Waals surface area contributed by atoms with Crippen molar-refractivity contribution in [1.29, 1.82) is 0 Å². The molecule has 122 valence electrons. The van der Waals surface area contributed by atoms with Gasteiger partial charge in [-0.15, -0.1) is 0 Å². The average Bonchev–Trinajstić information content (AvgIpc) is 2.80. The summed E-state index contributed by atoms with van der Waals surface area (Å²) in [4.78, 5) is 23.9. The highest BCUT2D eigenvalue weighted by Gasteiger charge is 2.21. The summed E-state index contributed by atoms with van der Waals surface area (Å²) in [5.74, 6) is -1.65. The molecular formula is C18H13BrFNO3. The molecule has 4 nitrogen and oxygen atoms in total. The molecule has 1 N–H and O–H groups in total. The van der Waals surface area contributed by atoms with Crippen LogP contribution in [0.2, 0.25) is 0 Å². The first-order valence-electron chi connectivity index (χ1n) is 7.20. The topological polar surface area (TPSA) is 59.3 Å². The number of hydrogen-bond donors (Lipinski definition) is 1. The largest absolute Gasteiger partial charge is 0.505 e. The monoisotopic (exact) mass is 389 g/mol. The smallest absolute Gasteiger partial charge is 0.262 e. The molecule has 0 aliphatic carbocycles. The first-order valence-corrected chi connectivity index (χ1v) is 7.99. The molecule has 0 aliphatic rings. The van der Waals surface area contributed by atoms with Gasteiger partial charge >= 0.3 is 0 Å². The van der Waals surface area contributed by atoms with E-state index in [-0.39, 0.29) is 12.3 Å². The van der Waals surface area contributed by atoms with Crippen molar-refractivity contribution < 1.29 is 19.1 Å². The Balaban J connectivity index is 2.28. The maximum Gasteiger partial charge on any atom is 0.262 e. The number of carbonyl (C=O) groups excluding carboxylic acids is 2. The van der Waals surface area contributed by atoms with Crippen LogP contribution in [-0.2, 0) is 11.2 Å². The fourth-order valence-corrected chi connectivity index (χ4v) is 3.08. The maximum atomic E-state index is 13.8. The molecule has 3 aromatic rings. The first-order chi connectivity index (χ1) is 11.4. The van der Waals surface area contributed by atoms with Gasteiger partial charge in [-0.1, -0.05) is 15.9 Å². The Bertz CT molecular complexity index is 961. The molecule has 3 rings (SSSR count). The number of phenolic OH excluding ortho intramolecular Hbond substituents is 1. The van der Waals surface area contributed by atoms with Crippen LogP contribution in [0.25, 0.3) is 10.9 Å². The van der Waals surface area contributed by atoms with E-state index in [2.05, 4.69) is 15.9 Å². The second-order valence-electron chi connectivity index (χ2n) is 5.40. The van der Waals surface area contributed by atoms with Gasteiger partial charge in [-0.05, 0) is 42.8 Å². The third-order valence-electron chi connectivity index (χ3n) is 3.99. The van der Waals surface area contributed by atoms with Crippen LogP contribution < -0.4 is 0 Å². The quantitative estimate of drug-likeness (QED) is 0.689. The zero-order chi connectivity index (χ0) is 17.4. The zero-order valence-corrected chi connectivity index (χ0v) is 14.3. The summed E-state index contributed by atoms with van der Waals surface area (Å²) in [5, 5.41) is 10.1. The molecule has 1 aromatic heterocycles. The average molecular weight is 390 g/mol. The van der Waals surface area contributed by atoms with Gasteiger partial charge in [0.05, 0.1) is 5.52 Å². The number of aldehydes is 1. The Labute approximate surface area is 145 Å². The number of benzene rings is 2. The van der Waals surface area contributed by atoms with E-state index in [0.29, 0.717) is 27.7 Å². The lowest BCUT2D eigenvalue weighted by Gasteiger charge is -2.08. The van der Waals surface area contributed by atoms with Crippen molar-refractivity contribution in [3.63, 3.8) is 0 Å². The van der Waals surface area contributed by atoms with Gasteiger partial charge < -0.3 is 9.90 Å². The number of rotatable bonds is 3. The summed E-state index contributed by atoms with van der Waals surface area (Å²) >= 11 is 3.31. The van der Waals surface area contributed by atoms with E-state index < -0.39 is 11.6 Å². The standard InChI is InChI=1S/C18H13BrFNO3/c1-10-13(6-7-22)14-8-17(23)15(20)9-16(14)21(10)18(24)11-2-4-12(19)5-3-11/h2-5,7-9,23H,6H2,1H3. The molecule has 0 bridgehead atoms. The summed E-state index contributed by atoms with van der Waals surface area (Å²) in [6, 6.07) is 9.17. The summed E-state index contributed by atoms with van der Waals surface area (Å²) in [6.45, 7) is 1.70. The van der Waals surface area contributed by atoms with Crippen LogP contribution in [0.4, 0.5) is 4.39 Å². The molecule has 1 heterocycles. The van der Waals surface area contributed by atoms with Gasteiger partial charge in [0.1, 0.15) is 6.29 Å². The highest BCUT2D eigenvalue weighted by atomic mass is 79.9. The number of aromatic hydroxyl groups is 1. The van der Waals surface area contributed by atoms with E-state index in [1.807, 2.05) is 0 Å². The van der Waals surface area contributed by atoms with Crippen LogP contribution in [-0.4, -0.2) is 21.9 Å². The number of carbonyl (C=O) groups is 2. The van der Waals surface area contributed by atoms with Crippen LogP contribution >= 0.6 is 15.9 Å². The molecule has 0 radical (unpaired) electrons. The highest BCUT2D eigenvalue weighted by molar-refractivity contribution is 9.10. The van der Waals surface area contributed by atoms with Crippen molar-refractivity contribution in [1.82, 2.24) is 4.57 Å². The molecule has 0 fully saturated rings. The Morgan fingerprint density at radius 2 is 1.96 bits per heavy atom. The van der Waals surface area contributed by atoms with Crippen molar-refractivity contribution in [3.05, 3.63) is 63.5 Å². The van der Waals surface area contributed by atoms with Crippen molar-refractivity contribution >= 4 is 39.0 Å². The molecule has 0 atom stereocenters. The van der Waals surface area contributed by atoms with E-state index in [1.165, 1.54) is 10.6 Å². The molecule has 2 aromatic carbocycles. The Hall–Kier alpha value is -2.47. The van der Waals surface area contributed by atoms with Gasteiger partial charge in [-0.3, -0.25) is 9.36 Å². The van der Waals surface area contributed by atoms with E-state index in [4.69, 9.17) is 0 Å². The number of hydrogen-bond acceptors (Lipinski definition) is 3. The van der Waals surface area contributed by atoms with Gasteiger partial charge in [-0.25, -0.2) is 4.39 Å². The van der Waals surface area contributed by atoms with Crippen molar-refractivity contribution in [3.8, 4) is 5.75 Å². The maximum absolute atomic E-state index is 13.8. The van der Waals surface area contributed by atoms with Crippen molar-refractivity contribution in [2.24, 2.45) is 0 Å². The SMILES string of the molecule is Cc1c(CC=O)c2cc(O)c(F)cc2n1C(=O)c1ccc(Br)cc1. The summed E-state index contributed by atoms with van der Waals surface area (Å²) < 4.78 is 16.0. The second kappa shape index (κ2) is 6.20. The summed E-state index contributed by atoms with van der Waals surface area (Å²) in [7, 11) is 0. The summed E-state index contributed by atoms with van der Waals surface area (Å²) in [6.07, 6.45) is 0.796. The number of halogens is 2. The van der Waals surface area contributed by atoms with E-state index >= 15 is 0 Å². The second-order valence-corrected chi connectivity index (χ2v) is 6.32. The van der Waals surface area contributed by atoms with Crippen LogP contribution in [0.15, 0.2) is 40.9 Å². The Morgan fingerprint density at radius 1 is 1.29 bits per heavy atom. The number of aromatic nitrogens is 1. The number of phenols is 1. The highest BCUT2D eigenvalue weighted by Crippen LogP contribution is 2.31. The minimum absolute atomic E-state index is 0.0774. The lowest BCUT2D eigenvalue weighted by molar-refractivity contribution is -0.107. The van der Waals surface area contributed by atoms with Gasteiger partial charge in [0.15, 0.2) is 11.6 Å². The number of fused-ring (bicyclic) bond motifs is 1. The summed E-state index contributed by atoms with van der Waals surface area (Å²) in [5.41, 5.74) is 1.91. The molecule has 0 spiro atoms. The fourth-order valence-electron chi connectivity index (χ4n) is 2.81. The van der Waals surface area contributed by atoms with Gasteiger partial charge in [0.25, 0.3) is 5.91 Å². The van der Waals surface area contributed by atoms with Crippen LogP contribution in [0.5, 0.6) is 5.75 Å². The molecule has 0 unspecified atom stereocenters. The predicted octanol–water partition coefficient (Wildman–Crippen LogP) is 3.99. The minimum atomic E-state index is -0.817. The van der Waals surface area contributed by atoms with Crippen molar-refractivity contribution in [2.45, 2.75) is 13.3 Å². The molecule has 0 amide bonds. The number of nitrogens with zero attached hydrogens (tertiary/aromatic N) is 1. The molecule has 0 saturated carbocycles. The molecule has 0 aliphatic heterocycles. The van der Waals surface area contributed by atoms with E-state index in [0.717, 1.165) is 16.8 Å². The lowest BCUT2D eigenvalue weighted by atomic mass is 10.1. The minimum Gasteiger partial charge on any atom is -0.505 e. The van der Waals surface area contributed by atoms with Crippen molar-refractivity contribution in [2.75, 3.05) is 0 Å². The normalized spacial score (nSPS) is 11.0. The molecule has 0 saturated heterocycles. The zero-order valence-electron chi connectivity index (χ0n) is 12.7. The third-order valence-corrected chi connectivity index (χ3v) is 4.51. The molecule has 24 heavy (non-hydrogen) atoms. The van der Waals surface area contributed by atoms with Gasteiger partial charge in [-0.2, -0.15) is 0 Å². The van der Waals surface area contributed by atoms with Crippen LogP contribution in [0.1, 0.15) is 21.6 Å². The third kappa shape index (κ3) is 2.63. The van der Waals surface area contributed by atoms with Gasteiger partial charge in [0.2, 0.25) is 0 Å². The van der Waals surface area contributed by atoms with E-state index in [9.17, 15) is 19.1 Å². The molecule has 6 heteroatoms. The van der Waals surface area contributed by atoms with Gasteiger partial charge in [0, 0.05) is 33.6 Å². The molecular weight excluding hydrogens is 377 g/mol. The Kier molecular flexibility index (Phi) is 4.24. The van der Waals surface area contributed by atoms with Crippen LogP contribution in [0, 0.1) is 12.7 Å². The predicted molar refractivity (Wildman–Crippen MR) is 91.9 cm³/mol.